The number of alkyl halides is 2. The molecule has 0 saturated carbocycles. The lowest BCUT2D eigenvalue weighted by Crippen LogP contribution is -2.17. The van der Waals surface area contributed by atoms with Gasteiger partial charge in [0.15, 0.2) is 0 Å². The van der Waals surface area contributed by atoms with Crippen LogP contribution in [0.2, 0.25) is 0 Å². The molecule has 0 spiro atoms. The van der Waals surface area contributed by atoms with Crippen molar-refractivity contribution in [1.82, 2.24) is 5.32 Å². The van der Waals surface area contributed by atoms with Crippen molar-refractivity contribution in [3.8, 4) is 0 Å². The predicted octanol–water partition coefficient (Wildman–Crippen LogP) is 1.32. The molecule has 4 heteroatoms. The second kappa shape index (κ2) is 4.89. The molecule has 0 unspecified atom stereocenters. The lowest BCUT2D eigenvalue weighted by atomic mass is 10.3. The summed E-state index contributed by atoms with van der Waals surface area (Å²) in [5, 5.41) is 2.46. The van der Waals surface area contributed by atoms with E-state index < -0.39 is 4.84 Å². The molecule has 0 saturated heterocycles. The van der Waals surface area contributed by atoms with E-state index in [-0.39, 0.29) is 5.91 Å². The number of nitrogens with one attached hydrogen (secondary N) is 1. The Morgan fingerprint density at radius 2 is 2.22 bits per heavy atom. The molecule has 9 heavy (non-hydrogen) atoms. The smallest absolute Gasteiger partial charge is 0.219 e. The molecule has 0 fully saturated rings. The van der Waals surface area contributed by atoms with Crippen molar-refractivity contribution >= 4 is 29.1 Å². The first kappa shape index (κ1) is 9.05. The van der Waals surface area contributed by atoms with Crippen LogP contribution in [0.3, 0.4) is 0 Å². The monoisotopic (exact) mass is 169 g/mol. The molecule has 54 valence electrons. The number of amides is 1. The summed E-state index contributed by atoms with van der Waals surface area (Å²) >= 11 is 10.7. The summed E-state index contributed by atoms with van der Waals surface area (Å²) in [4.78, 5) is 10.1. The highest BCUT2D eigenvalue weighted by Crippen LogP contribution is 2.08. The Balaban J connectivity index is 3.17. The fourth-order valence-electron chi connectivity index (χ4n) is 0.365. The number of carbonyl (C=O) groups excluding carboxylic acids is 1. The molecule has 0 aliphatic carbocycles. The molecule has 0 aromatic carbocycles. The van der Waals surface area contributed by atoms with E-state index in [1.54, 1.807) is 7.05 Å². The molecule has 0 rings (SSSR count). The van der Waals surface area contributed by atoms with Gasteiger partial charge >= 0.3 is 0 Å². The first-order chi connectivity index (χ1) is 4.16. The van der Waals surface area contributed by atoms with E-state index >= 15 is 0 Å². The zero-order chi connectivity index (χ0) is 7.28. The maximum atomic E-state index is 10.5. The van der Waals surface area contributed by atoms with Crippen LogP contribution in [-0.4, -0.2) is 17.8 Å². The van der Waals surface area contributed by atoms with E-state index in [1.165, 1.54) is 0 Å². The fourth-order valence-corrected chi connectivity index (χ4v) is 0.583. The van der Waals surface area contributed by atoms with Crippen LogP contribution in [0.5, 0.6) is 0 Å². The Morgan fingerprint density at radius 1 is 1.67 bits per heavy atom. The second-order valence-corrected chi connectivity index (χ2v) is 2.88. The standard InChI is InChI=1S/C5H9Cl2NO/c1-8-5(9)3-2-4(6)7/h4H,2-3H2,1H3,(H,8,9). The van der Waals surface area contributed by atoms with Gasteiger partial charge in [-0.2, -0.15) is 0 Å². The van der Waals surface area contributed by atoms with E-state index in [4.69, 9.17) is 23.2 Å². The second-order valence-electron chi connectivity index (χ2n) is 1.60. The van der Waals surface area contributed by atoms with Gasteiger partial charge in [-0.05, 0) is 6.42 Å². The molecule has 0 aliphatic rings. The van der Waals surface area contributed by atoms with Crippen LogP contribution in [0.4, 0.5) is 0 Å². The topological polar surface area (TPSA) is 29.1 Å². The lowest BCUT2D eigenvalue weighted by Gasteiger charge is -1.98. The molecule has 0 radical (unpaired) electrons. The highest BCUT2D eigenvalue weighted by Gasteiger charge is 2.02. The van der Waals surface area contributed by atoms with E-state index in [2.05, 4.69) is 5.32 Å². The fraction of sp³-hybridized carbons (Fsp3) is 0.800. The normalized spacial score (nSPS) is 9.78. The van der Waals surface area contributed by atoms with E-state index in [9.17, 15) is 4.79 Å². The van der Waals surface area contributed by atoms with Crippen LogP contribution in [0, 0.1) is 0 Å². The SMILES string of the molecule is CNC(=O)CCC(Cl)Cl. The van der Waals surface area contributed by atoms with E-state index in [1.807, 2.05) is 0 Å². The minimum absolute atomic E-state index is 0.0266. The first-order valence-corrected chi connectivity index (χ1v) is 3.53. The third-order valence-electron chi connectivity index (χ3n) is 0.868. The summed E-state index contributed by atoms with van der Waals surface area (Å²) in [6.07, 6.45) is 0.914. The number of hydrogen-bond donors (Lipinski definition) is 1. The molecular weight excluding hydrogens is 161 g/mol. The van der Waals surface area contributed by atoms with Gasteiger partial charge in [0.1, 0.15) is 4.84 Å². The zero-order valence-electron chi connectivity index (χ0n) is 5.16. The van der Waals surface area contributed by atoms with Crippen LogP contribution < -0.4 is 5.32 Å². The van der Waals surface area contributed by atoms with Crippen molar-refractivity contribution in [2.75, 3.05) is 7.05 Å². The van der Waals surface area contributed by atoms with Crippen molar-refractivity contribution in [1.29, 1.82) is 0 Å². The number of carbonyl (C=O) groups is 1. The summed E-state index contributed by atoms with van der Waals surface area (Å²) in [7, 11) is 1.58. The van der Waals surface area contributed by atoms with Gasteiger partial charge in [-0.25, -0.2) is 0 Å². The number of hydrogen-bond acceptors (Lipinski definition) is 1. The third kappa shape index (κ3) is 5.93. The average Bonchev–Trinajstić information content (AvgIpc) is 1.83. The Kier molecular flexibility index (Phi) is 4.91. The van der Waals surface area contributed by atoms with Crippen molar-refractivity contribution in [2.24, 2.45) is 0 Å². The van der Waals surface area contributed by atoms with Gasteiger partial charge in [-0.3, -0.25) is 4.79 Å². The molecule has 0 atom stereocenters. The summed E-state index contributed by atoms with van der Waals surface area (Å²) in [6.45, 7) is 0. The minimum atomic E-state index is -0.428. The van der Waals surface area contributed by atoms with Crippen molar-refractivity contribution < 1.29 is 4.79 Å². The minimum Gasteiger partial charge on any atom is -0.359 e. The zero-order valence-corrected chi connectivity index (χ0v) is 6.67. The molecule has 0 heterocycles. The average molecular weight is 170 g/mol. The Hall–Kier alpha value is 0.0500. The van der Waals surface area contributed by atoms with Gasteiger partial charge in [0, 0.05) is 13.5 Å². The lowest BCUT2D eigenvalue weighted by molar-refractivity contribution is -0.120. The quantitative estimate of drug-likeness (QED) is 0.635. The molecule has 0 bridgehead atoms. The van der Waals surface area contributed by atoms with E-state index in [0.717, 1.165) is 0 Å². The van der Waals surface area contributed by atoms with Crippen LogP contribution in [0.25, 0.3) is 0 Å². The van der Waals surface area contributed by atoms with Crippen LogP contribution in [0.1, 0.15) is 12.8 Å². The summed E-state index contributed by atoms with van der Waals surface area (Å²) in [6, 6.07) is 0. The molecule has 0 aromatic heterocycles. The molecule has 0 aliphatic heterocycles. The largest absolute Gasteiger partial charge is 0.359 e. The molecule has 1 N–H and O–H groups in total. The Morgan fingerprint density at radius 3 is 2.56 bits per heavy atom. The highest BCUT2D eigenvalue weighted by molar-refractivity contribution is 6.44. The van der Waals surface area contributed by atoms with Gasteiger partial charge < -0.3 is 5.32 Å². The number of rotatable bonds is 3. The molecule has 1 amide bonds. The summed E-state index contributed by atoms with van der Waals surface area (Å²) in [5.41, 5.74) is 0. The predicted molar refractivity (Wildman–Crippen MR) is 38.8 cm³/mol. The highest BCUT2D eigenvalue weighted by atomic mass is 35.5. The summed E-state index contributed by atoms with van der Waals surface area (Å²) < 4.78 is 0. The van der Waals surface area contributed by atoms with E-state index in [0.29, 0.717) is 12.8 Å². The molecular formula is C5H9Cl2NO. The van der Waals surface area contributed by atoms with Crippen molar-refractivity contribution in [3.05, 3.63) is 0 Å². The van der Waals surface area contributed by atoms with Crippen molar-refractivity contribution in [3.63, 3.8) is 0 Å². The maximum absolute atomic E-state index is 10.5. The number of halogens is 2. The summed E-state index contributed by atoms with van der Waals surface area (Å²) in [5.74, 6) is -0.0266. The van der Waals surface area contributed by atoms with Gasteiger partial charge in [0.05, 0.1) is 0 Å². The van der Waals surface area contributed by atoms with Crippen molar-refractivity contribution in [2.45, 2.75) is 17.7 Å². The molecule has 0 aromatic rings. The Labute approximate surface area is 64.5 Å². The van der Waals surface area contributed by atoms with Gasteiger partial charge in [0.25, 0.3) is 0 Å². The van der Waals surface area contributed by atoms with Crippen LogP contribution >= 0.6 is 23.2 Å². The van der Waals surface area contributed by atoms with Gasteiger partial charge in [-0.1, -0.05) is 0 Å². The molecule has 2 nitrogen and oxygen atoms in total. The van der Waals surface area contributed by atoms with Gasteiger partial charge in [0.2, 0.25) is 5.91 Å². The Bertz CT molecular complexity index is 95.0. The van der Waals surface area contributed by atoms with Crippen LogP contribution in [0.15, 0.2) is 0 Å². The first-order valence-electron chi connectivity index (χ1n) is 2.65. The third-order valence-corrected chi connectivity index (χ3v) is 1.30. The maximum Gasteiger partial charge on any atom is 0.219 e. The van der Waals surface area contributed by atoms with Gasteiger partial charge in [-0.15, -0.1) is 23.2 Å². The van der Waals surface area contributed by atoms with Crippen LogP contribution in [-0.2, 0) is 4.79 Å².